The number of rotatable bonds is 6. The number of nitrogens with one attached hydrogen (secondary N) is 1. The van der Waals surface area contributed by atoms with Crippen LogP contribution in [-0.2, 0) is 19.4 Å². The maximum atomic E-state index is 14.3. The molecule has 2 aliphatic rings. The summed E-state index contributed by atoms with van der Waals surface area (Å²) in [5.41, 5.74) is 5.65. The molecule has 2 aromatic heterocycles. The number of carbonyl (C=O) groups is 2. The largest absolute Gasteiger partial charge is 0.349 e. The molecule has 1 N–H and O–H groups in total. The normalized spacial score (nSPS) is 14.2. The zero-order valence-corrected chi connectivity index (χ0v) is 25.3. The molecule has 0 bridgehead atoms. The number of nitrogens with zero attached hydrogens (tertiary/aromatic N) is 5. The van der Waals surface area contributed by atoms with Crippen LogP contribution in [0.1, 0.15) is 55.9 Å². The van der Waals surface area contributed by atoms with Crippen molar-refractivity contribution < 1.29 is 9.59 Å². The van der Waals surface area contributed by atoms with Gasteiger partial charge in [-0.25, -0.2) is 9.36 Å². The minimum absolute atomic E-state index is 0.116. The molecule has 3 aromatic carbocycles. The third-order valence-corrected chi connectivity index (χ3v) is 8.88. The molecule has 2 amide bonds. The van der Waals surface area contributed by atoms with Crippen LogP contribution in [0.2, 0.25) is 0 Å². The molecule has 1 aliphatic heterocycles. The van der Waals surface area contributed by atoms with Crippen molar-refractivity contribution >= 4 is 39.1 Å². The first kappa shape index (κ1) is 27.8. The average molecular weight is 648 g/mol. The SMILES string of the molecule is [C-]#[N+]c1cc(C(=O)N2CCc3c(n4ncc(Cc5ccccc5)c4n(-c4ccc(C(=O)NC5CC5)cc4)c3=O)C2)ccc1Br. The summed E-state index contributed by atoms with van der Waals surface area (Å²) < 4.78 is 4.10. The van der Waals surface area contributed by atoms with E-state index in [-0.39, 0.29) is 30.0 Å². The van der Waals surface area contributed by atoms with Gasteiger partial charge in [0.25, 0.3) is 17.4 Å². The lowest BCUT2D eigenvalue weighted by atomic mass is 10.0. The lowest BCUT2D eigenvalue weighted by Gasteiger charge is -2.30. The van der Waals surface area contributed by atoms with Gasteiger partial charge in [0.2, 0.25) is 5.69 Å². The Morgan fingerprint density at radius 1 is 1.02 bits per heavy atom. The fraction of sp³-hybridized carbons (Fsp3) is 0.206. The molecule has 7 rings (SSSR count). The van der Waals surface area contributed by atoms with Gasteiger partial charge in [-0.05, 0) is 55.2 Å². The third kappa shape index (κ3) is 5.09. The molecule has 0 atom stereocenters. The van der Waals surface area contributed by atoms with Crippen LogP contribution in [0.15, 0.2) is 88.3 Å². The molecule has 10 heteroatoms. The van der Waals surface area contributed by atoms with E-state index in [1.807, 2.05) is 30.3 Å². The minimum Gasteiger partial charge on any atom is -0.349 e. The van der Waals surface area contributed by atoms with E-state index < -0.39 is 0 Å². The average Bonchev–Trinajstić information content (AvgIpc) is 3.78. The molecule has 0 unspecified atom stereocenters. The van der Waals surface area contributed by atoms with Gasteiger partial charge in [0.1, 0.15) is 5.65 Å². The molecule has 5 aromatic rings. The second-order valence-corrected chi connectivity index (χ2v) is 12.0. The maximum Gasteiger partial charge on any atom is 0.261 e. The molecule has 0 saturated heterocycles. The summed E-state index contributed by atoms with van der Waals surface area (Å²) in [6.07, 6.45) is 4.72. The van der Waals surface area contributed by atoms with Crippen molar-refractivity contribution in [3.05, 3.63) is 139 Å². The lowest BCUT2D eigenvalue weighted by Crippen LogP contribution is -2.41. The van der Waals surface area contributed by atoms with Gasteiger partial charge in [-0.2, -0.15) is 5.10 Å². The van der Waals surface area contributed by atoms with E-state index >= 15 is 0 Å². The molecule has 44 heavy (non-hydrogen) atoms. The van der Waals surface area contributed by atoms with Crippen LogP contribution in [0.4, 0.5) is 5.69 Å². The van der Waals surface area contributed by atoms with E-state index in [0.29, 0.717) is 63.3 Å². The predicted octanol–water partition coefficient (Wildman–Crippen LogP) is 5.48. The number of fused-ring (bicyclic) bond motifs is 3. The Hall–Kier alpha value is -5.01. The summed E-state index contributed by atoms with van der Waals surface area (Å²) in [5, 5.41) is 7.76. The summed E-state index contributed by atoms with van der Waals surface area (Å²) in [5.74, 6) is -0.322. The van der Waals surface area contributed by atoms with Gasteiger partial charge in [-0.1, -0.05) is 58.4 Å². The van der Waals surface area contributed by atoms with Gasteiger partial charge in [-0.3, -0.25) is 19.0 Å². The smallest absolute Gasteiger partial charge is 0.261 e. The van der Waals surface area contributed by atoms with Gasteiger partial charge in [0.15, 0.2) is 0 Å². The number of halogens is 1. The number of benzene rings is 3. The van der Waals surface area contributed by atoms with Crippen LogP contribution in [-0.4, -0.2) is 43.5 Å². The van der Waals surface area contributed by atoms with Gasteiger partial charge >= 0.3 is 0 Å². The summed E-state index contributed by atoms with van der Waals surface area (Å²) in [6.45, 7) is 7.98. The third-order valence-electron chi connectivity index (χ3n) is 8.20. The summed E-state index contributed by atoms with van der Waals surface area (Å²) in [7, 11) is 0. The number of hydrogen-bond donors (Lipinski definition) is 1. The Morgan fingerprint density at radius 2 is 1.77 bits per heavy atom. The van der Waals surface area contributed by atoms with Crippen LogP contribution in [0.25, 0.3) is 16.2 Å². The van der Waals surface area contributed by atoms with E-state index in [1.54, 1.807) is 62.6 Å². The van der Waals surface area contributed by atoms with E-state index in [2.05, 4.69) is 26.1 Å². The van der Waals surface area contributed by atoms with E-state index in [0.717, 1.165) is 24.0 Å². The molecule has 3 heterocycles. The molecule has 0 radical (unpaired) electrons. The molecule has 1 aliphatic carbocycles. The number of aromatic nitrogens is 3. The highest BCUT2D eigenvalue weighted by atomic mass is 79.9. The predicted molar refractivity (Wildman–Crippen MR) is 169 cm³/mol. The van der Waals surface area contributed by atoms with Crippen molar-refractivity contribution in [3.8, 4) is 5.69 Å². The van der Waals surface area contributed by atoms with E-state index in [4.69, 9.17) is 11.7 Å². The Bertz CT molecular complexity index is 2040. The second kappa shape index (κ2) is 11.2. The molecule has 9 nitrogen and oxygen atoms in total. The zero-order valence-electron chi connectivity index (χ0n) is 23.7. The van der Waals surface area contributed by atoms with Crippen LogP contribution in [0.3, 0.4) is 0 Å². The van der Waals surface area contributed by atoms with Gasteiger partial charge in [0, 0.05) is 45.7 Å². The fourth-order valence-corrected chi connectivity index (χ4v) is 6.08. The highest BCUT2D eigenvalue weighted by Gasteiger charge is 2.30. The van der Waals surface area contributed by atoms with Gasteiger partial charge in [-0.15, -0.1) is 0 Å². The van der Waals surface area contributed by atoms with Crippen molar-refractivity contribution in [1.29, 1.82) is 0 Å². The molecule has 1 saturated carbocycles. The molecule has 0 spiro atoms. The Morgan fingerprint density at radius 3 is 2.50 bits per heavy atom. The fourth-order valence-electron chi connectivity index (χ4n) is 5.74. The molecule has 1 fully saturated rings. The standard InChI is InChI=1S/C34H27BrN6O3/c1-36-29-18-23(9-14-28(29)35)33(43)39-16-15-27-30(20-39)41-32(24(19-37-41)17-21-5-3-2-4-6-21)40(34(27)44)26-12-7-22(8-13-26)31(42)38-25-10-11-25/h2-9,12-14,18-19,25H,10-11,15-17,20H2,(H,38,42). The molecular formula is C34H27BrN6O3. The zero-order chi connectivity index (χ0) is 30.4. The highest BCUT2D eigenvalue weighted by molar-refractivity contribution is 9.10. The maximum absolute atomic E-state index is 14.3. The summed E-state index contributed by atoms with van der Waals surface area (Å²) >= 11 is 3.36. The molecule has 218 valence electrons. The van der Waals surface area contributed by atoms with E-state index in [1.165, 1.54) is 0 Å². The monoisotopic (exact) mass is 646 g/mol. The van der Waals surface area contributed by atoms with Gasteiger partial charge < -0.3 is 10.2 Å². The van der Waals surface area contributed by atoms with Crippen molar-refractivity contribution in [1.82, 2.24) is 24.4 Å². The summed E-state index contributed by atoms with van der Waals surface area (Å²) in [4.78, 5) is 45.7. The first-order valence-electron chi connectivity index (χ1n) is 14.5. The van der Waals surface area contributed by atoms with Crippen molar-refractivity contribution in [2.75, 3.05) is 6.54 Å². The van der Waals surface area contributed by atoms with Crippen molar-refractivity contribution in [2.24, 2.45) is 0 Å². The number of hydrogen-bond acceptors (Lipinski definition) is 4. The number of amides is 2. The van der Waals surface area contributed by atoms with Crippen LogP contribution < -0.4 is 10.9 Å². The first-order chi connectivity index (χ1) is 21.4. The van der Waals surface area contributed by atoms with Gasteiger partial charge in [0.05, 0.1) is 30.7 Å². The first-order valence-corrected chi connectivity index (χ1v) is 15.3. The Labute approximate surface area is 261 Å². The topological polar surface area (TPSA) is 93.1 Å². The van der Waals surface area contributed by atoms with Crippen molar-refractivity contribution in [3.63, 3.8) is 0 Å². The van der Waals surface area contributed by atoms with Crippen LogP contribution >= 0.6 is 15.9 Å². The summed E-state index contributed by atoms with van der Waals surface area (Å²) in [6, 6.07) is 22.3. The van der Waals surface area contributed by atoms with Crippen molar-refractivity contribution in [2.45, 2.75) is 38.3 Å². The highest BCUT2D eigenvalue weighted by Crippen LogP contribution is 2.29. The lowest BCUT2D eigenvalue weighted by molar-refractivity contribution is 0.0729. The Balaban J connectivity index is 1.31. The van der Waals surface area contributed by atoms with E-state index in [9.17, 15) is 14.4 Å². The minimum atomic E-state index is -0.206. The number of carbonyl (C=O) groups excluding carboxylic acids is 2. The quantitative estimate of drug-likeness (QED) is 0.247. The van der Waals surface area contributed by atoms with Crippen LogP contribution in [0.5, 0.6) is 0 Å². The van der Waals surface area contributed by atoms with Crippen LogP contribution in [0, 0.1) is 6.57 Å². The Kier molecular flexibility index (Phi) is 7.10. The second-order valence-electron chi connectivity index (χ2n) is 11.2. The molecular weight excluding hydrogens is 620 g/mol.